The van der Waals surface area contributed by atoms with E-state index in [2.05, 4.69) is 21.1 Å². The van der Waals surface area contributed by atoms with Gasteiger partial charge in [-0.2, -0.15) is 0 Å². The predicted octanol–water partition coefficient (Wildman–Crippen LogP) is 5.03. The number of ketones is 1. The highest BCUT2D eigenvalue weighted by Gasteiger charge is 2.48. The molecule has 0 radical (unpaired) electrons. The minimum atomic E-state index is -0.858. The first-order valence-corrected chi connectivity index (χ1v) is 9.79. The fourth-order valence-corrected chi connectivity index (χ4v) is 3.65. The Hall–Kier alpha value is -2.90. The van der Waals surface area contributed by atoms with Crippen LogP contribution >= 0.6 is 27.5 Å². The van der Waals surface area contributed by atoms with E-state index in [0.29, 0.717) is 21.9 Å². The zero-order chi connectivity index (χ0) is 20.7. The molecular weight excluding hydrogens is 460 g/mol. The van der Waals surface area contributed by atoms with E-state index in [0.717, 1.165) is 4.47 Å². The molecule has 3 aromatic rings. The number of aromatic nitrogens is 1. The maximum atomic E-state index is 12.9. The molecule has 0 saturated carbocycles. The first-order valence-electron chi connectivity index (χ1n) is 8.62. The topological polar surface area (TPSA) is 83.6 Å². The number of halogens is 2. The lowest BCUT2D eigenvalue weighted by Gasteiger charge is -2.22. The molecule has 4 rings (SSSR count). The Labute approximate surface area is 179 Å². The molecule has 29 heavy (non-hydrogen) atoms. The molecule has 1 aliphatic heterocycles. The highest BCUT2D eigenvalue weighted by Crippen LogP contribution is 2.42. The van der Waals surface area contributed by atoms with E-state index < -0.39 is 17.7 Å². The van der Waals surface area contributed by atoms with E-state index in [1.165, 1.54) is 4.90 Å². The molecule has 1 aromatic heterocycles. The van der Waals surface area contributed by atoms with Gasteiger partial charge in [-0.3, -0.25) is 14.5 Å². The van der Waals surface area contributed by atoms with Crippen LogP contribution in [0, 0.1) is 6.92 Å². The van der Waals surface area contributed by atoms with Crippen LogP contribution in [0.15, 0.2) is 69.2 Å². The maximum absolute atomic E-state index is 12.9. The summed E-state index contributed by atoms with van der Waals surface area (Å²) >= 11 is 9.30. The number of rotatable bonds is 3. The van der Waals surface area contributed by atoms with Crippen molar-refractivity contribution >= 4 is 50.8 Å². The van der Waals surface area contributed by atoms with Gasteiger partial charge in [-0.1, -0.05) is 44.8 Å². The average molecular weight is 474 g/mol. The normalized spacial score (nSPS) is 18.4. The summed E-state index contributed by atoms with van der Waals surface area (Å²) in [5.41, 5.74) is 0.995. The number of aryl methyl sites for hydroxylation is 1. The summed E-state index contributed by atoms with van der Waals surface area (Å²) < 4.78 is 5.94. The molecule has 1 atom stereocenters. The number of hydrogen-bond donors (Lipinski definition) is 1. The molecule has 0 bridgehead atoms. The first-order chi connectivity index (χ1) is 13.9. The lowest BCUT2D eigenvalue weighted by Crippen LogP contribution is -2.29. The second kappa shape index (κ2) is 7.50. The van der Waals surface area contributed by atoms with Crippen LogP contribution in [-0.2, 0) is 9.59 Å². The number of aliphatic hydroxyl groups is 1. The predicted molar refractivity (Wildman–Crippen MR) is 112 cm³/mol. The molecule has 1 aliphatic rings. The molecule has 1 saturated heterocycles. The number of carbonyl (C=O) groups is 2. The third-order valence-electron chi connectivity index (χ3n) is 4.61. The van der Waals surface area contributed by atoms with Gasteiger partial charge in [0.1, 0.15) is 11.5 Å². The fourth-order valence-electron chi connectivity index (χ4n) is 3.26. The van der Waals surface area contributed by atoms with Crippen LogP contribution < -0.4 is 4.90 Å². The standard InChI is InChI=1S/C21H14BrClN2O4/c1-11-10-16(24-29-11)25-18(12-2-6-14(22)7-3-12)17(20(27)21(25)28)19(26)13-4-8-15(23)9-5-13/h2-10,18,26H,1H3/t18-/m1/s1. The minimum absolute atomic E-state index is 0.0275. The summed E-state index contributed by atoms with van der Waals surface area (Å²) in [7, 11) is 0. The number of hydrogen-bond acceptors (Lipinski definition) is 5. The van der Waals surface area contributed by atoms with Crippen LogP contribution in [0.1, 0.15) is 22.9 Å². The van der Waals surface area contributed by atoms with Gasteiger partial charge >= 0.3 is 5.91 Å². The van der Waals surface area contributed by atoms with Gasteiger partial charge in [0.2, 0.25) is 0 Å². The molecule has 2 heterocycles. The number of benzene rings is 2. The van der Waals surface area contributed by atoms with Crippen molar-refractivity contribution in [1.29, 1.82) is 0 Å². The van der Waals surface area contributed by atoms with Crippen molar-refractivity contribution in [3.8, 4) is 0 Å². The Kier molecular flexibility index (Phi) is 5.02. The zero-order valence-corrected chi connectivity index (χ0v) is 17.4. The summed E-state index contributed by atoms with van der Waals surface area (Å²) in [5.74, 6) is -1.18. The zero-order valence-electron chi connectivity index (χ0n) is 15.1. The molecule has 2 aromatic carbocycles. The van der Waals surface area contributed by atoms with Crippen LogP contribution in [0.3, 0.4) is 0 Å². The number of anilines is 1. The van der Waals surface area contributed by atoms with Gasteiger partial charge in [0, 0.05) is 21.1 Å². The van der Waals surface area contributed by atoms with Crippen LogP contribution in [-0.4, -0.2) is 22.0 Å². The van der Waals surface area contributed by atoms with Gasteiger partial charge in [0.15, 0.2) is 5.82 Å². The highest BCUT2D eigenvalue weighted by molar-refractivity contribution is 9.10. The number of nitrogens with zero attached hydrogens (tertiary/aromatic N) is 2. The molecule has 146 valence electrons. The van der Waals surface area contributed by atoms with E-state index >= 15 is 0 Å². The molecule has 8 heteroatoms. The van der Waals surface area contributed by atoms with Gasteiger partial charge in [-0.15, -0.1) is 0 Å². The summed E-state index contributed by atoms with van der Waals surface area (Å²) in [5, 5.41) is 15.3. The Morgan fingerprint density at radius 3 is 2.38 bits per heavy atom. The maximum Gasteiger partial charge on any atom is 0.301 e. The smallest absolute Gasteiger partial charge is 0.301 e. The Bertz CT molecular complexity index is 1140. The summed E-state index contributed by atoms with van der Waals surface area (Å²) in [6, 6.07) is 14.2. The van der Waals surface area contributed by atoms with Crippen LogP contribution in [0.2, 0.25) is 5.02 Å². The number of carbonyl (C=O) groups excluding carboxylic acids is 2. The second-order valence-electron chi connectivity index (χ2n) is 6.52. The van der Waals surface area contributed by atoms with Crippen molar-refractivity contribution in [2.24, 2.45) is 0 Å². The third kappa shape index (κ3) is 3.47. The Balaban J connectivity index is 1.93. The molecule has 6 nitrogen and oxygen atoms in total. The van der Waals surface area contributed by atoms with Gasteiger partial charge in [0.25, 0.3) is 5.78 Å². The monoisotopic (exact) mass is 472 g/mol. The van der Waals surface area contributed by atoms with Crippen LogP contribution in [0.25, 0.3) is 5.76 Å². The third-order valence-corrected chi connectivity index (χ3v) is 5.39. The summed E-state index contributed by atoms with van der Waals surface area (Å²) in [4.78, 5) is 27.1. The van der Waals surface area contributed by atoms with Crippen molar-refractivity contribution in [2.45, 2.75) is 13.0 Å². The summed E-state index contributed by atoms with van der Waals surface area (Å²) in [6.07, 6.45) is 0. The number of amides is 1. The molecule has 1 N–H and O–H groups in total. The highest BCUT2D eigenvalue weighted by atomic mass is 79.9. The average Bonchev–Trinajstić information content (AvgIpc) is 3.24. The van der Waals surface area contributed by atoms with Crippen LogP contribution in [0.4, 0.5) is 5.82 Å². The number of Topliss-reactive ketones (excluding diaryl/α,β-unsaturated/α-hetero) is 1. The van der Waals surface area contributed by atoms with E-state index in [4.69, 9.17) is 16.1 Å². The fraction of sp³-hybridized carbons (Fsp3) is 0.0952. The van der Waals surface area contributed by atoms with Gasteiger partial charge in [-0.05, 0) is 48.9 Å². The van der Waals surface area contributed by atoms with Crippen LogP contribution in [0.5, 0.6) is 0 Å². The van der Waals surface area contributed by atoms with Crippen molar-refractivity contribution in [3.63, 3.8) is 0 Å². The lowest BCUT2D eigenvalue weighted by molar-refractivity contribution is -0.132. The number of aliphatic hydroxyl groups excluding tert-OH is 1. The van der Waals surface area contributed by atoms with E-state index in [9.17, 15) is 14.7 Å². The molecule has 0 spiro atoms. The Morgan fingerprint density at radius 1 is 1.14 bits per heavy atom. The van der Waals surface area contributed by atoms with Gasteiger partial charge in [0.05, 0.1) is 11.6 Å². The molecule has 0 aliphatic carbocycles. The van der Waals surface area contributed by atoms with Crippen molar-refractivity contribution in [1.82, 2.24) is 5.16 Å². The molecule has 1 amide bonds. The van der Waals surface area contributed by atoms with Gasteiger partial charge in [-0.25, -0.2) is 0 Å². The van der Waals surface area contributed by atoms with Crippen molar-refractivity contribution in [3.05, 3.63) is 86.6 Å². The lowest BCUT2D eigenvalue weighted by atomic mass is 9.95. The quantitative estimate of drug-likeness (QED) is 0.328. The first kappa shape index (κ1) is 19.4. The molecular formula is C21H14BrClN2O4. The van der Waals surface area contributed by atoms with E-state index in [1.54, 1.807) is 61.5 Å². The van der Waals surface area contributed by atoms with Crippen molar-refractivity contribution < 1.29 is 19.2 Å². The van der Waals surface area contributed by atoms with E-state index in [1.807, 2.05) is 0 Å². The Morgan fingerprint density at radius 2 is 1.79 bits per heavy atom. The molecule has 1 fully saturated rings. The minimum Gasteiger partial charge on any atom is -0.507 e. The SMILES string of the molecule is Cc1cc(N2C(=O)C(=O)C(=C(O)c3ccc(Cl)cc3)[C@H]2c2ccc(Br)cc2)no1. The van der Waals surface area contributed by atoms with E-state index in [-0.39, 0.29) is 17.2 Å². The van der Waals surface area contributed by atoms with Crippen molar-refractivity contribution in [2.75, 3.05) is 4.90 Å². The molecule has 0 unspecified atom stereocenters. The second-order valence-corrected chi connectivity index (χ2v) is 7.88. The van der Waals surface area contributed by atoms with Gasteiger partial charge < -0.3 is 9.63 Å². The largest absolute Gasteiger partial charge is 0.507 e. The summed E-state index contributed by atoms with van der Waals surface area (Å²) in [6.45, 7) is 1.69.